The molecule has 2 aromatic heterocycles. The average Bonchev–Trinajstić information content (AvgIpc) is 2.56. The summed E-state index contributed by atoms with van der Waals surface area (Å²) in [7, 11) is 0. The lowest BCUT2D eigenvalue weighted by molar-refractivity contribution is -0.131. The zero-order chi connectivity index (χ0) is 15.6. The fourth-order valence-corrected chi connectivity index (χ4v) is 3.07. The monoisotopic (exact) mass is 296 g/mol. The van der Waals surface area contributed by atoms with Gasteiger partial charge in [-0.05, 0) is 36.2 Å². The average molecular weight is 296 g/mol. The number of pyridine rings is 2. The smallest absolute Gasteiger partial charge is 0.169 e. The third kappa shape index (κ3) is 2.55. The summed E-state index contributed by atoms with van der Waals surface area (Å²) < 4.78 is 0. The molecule has 2 heterocycles. The van der Waals surface area contributed by atoms with Crippen LogP contribution in [0.1, 0.15) is 35.2 Å². The van der Waals surface area contributed by atoms with Gasteiger partial charge in [0.05, 0.1) is 5.92 Å². The highest BCUT2D eigenvalue weighted by Gasteiger charge is 2.47. The van der Waals surface area contributed by atoms with Crippen molar-refractivity contribution in [3.8, 4) is 0 Å². The van der Waals surface area contributed by atoms with Gasteiger partial charge in [-0.1, -0.05) is 0 Å². The fraction of sp³-hybridized carbons (Fsp3) is 0.294. The number of carbonyl (C=O) groups is 2. The van der Waals surface area contributed by atoms with E-state index in [0.717, 1.165) is 0 Å². The van der Waals surface area contributed by atoms with Gasteiger partial charge in [0.2, 0.25) is 0 Å². The zero-order valence-corrected chi connectivity index (χ0v) is 12.0. The number of aromatic nitrogens is 2. The Morgan fingerprint density at radius 3 is 2.32 bits per heavy atom. The Bertz CT molecular complexity index is 688. The molecule has 0 aliphatic heterocycles. The molecular formula is C17H16N2O3. The molecule has 0 unspecified atom stereocenters. The summed E-state index contributed by atoms with van der Waals surface area (Å²) >= 11 is 0. The van der Waals surface area contributed by atoms with E-state index in [1.807, 2.05) is 0 Å². The number of rotatable bonds is 3. The molecule has 0 bridgehead atoms. The second-order valence-electron chi connectivity index (χ2n) is 5.57. The van der Waals surface area contributed by atoms with Crippen molar-refractivity contribution < 1.29 is 14.7 Å². The summed E-state index contributed by atoms with van der Waals surface area (Å²) in [6.07, 6.45) is 6.83. The molecule has 3 rings (SSSR count). The fourth-order valence-electron chi connectivity index (χ4n) is 3.07. The van der Waals surface area contributed by atoms with E-state index in [9.17, 15) is 14.7 Å². The molecule has 5 heteroatoms. The van der Waals surface area contributed by atoms with E-state index in [0.29, 0.717) is 24.0 Å². The second kappa shape index (κ2) is 5.77. The molecule has 1 aliphatic rings. The Labute approximate surface area is 128 Å². The molecule has 0 aromatic carbocycles. The van der Waals surface area contributed by atoms with Gasteiger partial charge in [0.15, 0.2) is 5.78 Å². The first-order chi connectivity index (χ1) is 10.6. The number of nitrogens with zero attached hydrogens (tertiary/aromatic N) is 2. The topological polar surface area (TPSA) is 80.2 Å². The van der Waals surface area contributed by atoms with Crippen LogP contribution in [0.25, 0.3) is 0 Å². The second-order valence-corrected chi connectivity index (χ2v) is 5.57. The van der Waals surface area contributed by atoms with Gasteiger partial charge in [-0.25, -0.2) is 0 Å². The van der Waals surface area contributed by atoms with E-state index in [4.69, 9.17) is 0 Å². The van der Waals surface area contributed by atoms with Crippen LogP contribution in [0.5, 0.6) is 0 Å². The van der Waals surface area contributed by atoms with E-state index < -0.39 is 11.5 Å². The van der Waals surface area contributed by atoms with Crippen molar-refractivity contribution in [1.29, 1.82) is 0 Å². The minimum Gasteiger partial charge on any atom is -0.384 e. The molecule has 1 saturated carbocycles. The lowest BCUT2D eigenvalue weighted by Gasteiger charge is -2.38. The molecule has 112 valence electrons. The lowest BCUT2D eigenvalue weighted by atomic mass is 9.68. The number of ketones is 2. The van der Waals surface area contributed by atoms with Crippen LogP contribution in [-0.4, -0.2) is 26.6 Å². The number of Topliss-reactive ketones (excluding diaryl/α,β-unsaturated/α-hetero) is 2. The number of aliphatic hydroxyl groups is 1. The number of hydrogen-bond acceptors (Lipinski definition) is 5. The van der Waals surface area contributed by atoms with E-state index in [2.05, 4.69) is 9.97 Å². The van der Waals surface area contributed by atoms with Crippen LogP contribution in [0.2, 0.25) is 0 Å². The molecule has 1 N–H and O–H groups in total. The van der Waals surface area contributed by atoms with Gasteiger partial charge in [-0.2, -0.15) is 0 Å². The maximum atomic E-state index is 12.8. The first kappa shape index (κ1) is 14.5. The number of carbonyl (C=O) groups excluding carboxylic acids is 2. The molecule has 2 aromatic rings. The standard InChI is InChI=1S/C17H16N2O3/c20-14-1-2-15(16(21)12-3-7-18-8-4-12)17(22,11-14)13-5-9-19-10-6-13/h3-10,15,22H,1-2,11H2/t15-,17+/m1/s1. The molecule has 0 spiro atoms. The first-order valence-electron chi connectivity index (χ1n) is 7.20. The Hall–Kier alpha value is -2.40. The highest BCUT2D eigenvalue weighted by molar-refractivity contribution is 6.00. The highest BCUT2D eigenvalue weighted by Crippen LogP contribution is 2.41. The van der Waals surface area contributed by atoms with Crippen LogP contribution in [0.15, 0.2) is 49.1 Å². The predicted molar refractivity (Wildman–Crippen MR) is 79.0 cm³/mol. The molecule has 22 heavy (non-hydrogen) atoms. The quantitative estimate of drug-likeness (QED) is 0.875. The zero-order valence-electron chi connectivity index (χ0n) is 12.0. The van der Waals surface area contributed by atoms with Gasteiger partial charge < -0.3 is 5.11 Å². The summed E-state index contributed by atoms with van der Waals surface area (Å²) in [6, 6.07) is 6.58. The molecule has 1 fully saturated rings. The molecule has 0 radical (unpaired) electrons. The van der Waals surface area contributed by atoms with Gasteiger partial charge in [-0.15, -0.1) is 0 Å². The third-order valence-electron chi connectivity index (χ3n) is 4.22. The summed E-state index contributed by atoms with van der Waals surface area (Å²) in [4.78, 5) is 32.5. The minimum absolute atomic E-state index is 0.0295. The van der Waals surface area contributed by atoms with Gasteiger partial charge in [0, 0.05) is 43.2 Å². The van der Waals surface area contributed by atoms with Crippen molar-refractivity contribution in [2.75, 3.05) is 0 Å². The summed E-state index contributed by atoms with van der Waals surface area (Å²) in [5, 5.41) is 11.1. The van der Waals surface area contributed by atoms with Crippen LogP contribution in [0.3, 0.4) is 0 Å². The summed E-state index contributed by atoms with van der Waals surface area (Å²) in [5.41, 5.74) is -0.414. The number of hydrogen-bond donors (Lipinski definition) is 1. The largest absolute Gasteiger partial charge is 0.384 e. The normalized spacial score (nSPS) is 25.0. The van der Waals surface area contributed by atoms with Crippen LogP contribution in [0.4, 0.5) is 0 Å². The van der Waals surface area contributed by atoms with Gasteiger partial charge in [0.25, 0.3) is 0 Å². The van der Waals surface area contributed by atoms with Crippen LogP contribution < -0.4 is 0 Å². The van der Waals surface area contributed by atoms with Crippen LogP contribution in [-0.2, 0) is 10.4 Å². The highest BCUT2D eigenvalue weighted by atomic mass is 16.3. The molecule has 1 aliphatic carbocycles. The van der Waals surface area contributed by atoms with Crippen molar-refractivity contribution >= 4 is 11.6 Å². The molecular weight excluding hydrogens is 280 g/mol. The van der Waals surface area contributed by atoms with Gasteiger partial charge in [0.1, 0.15) is 11.4 Å². The summed E-state index contributed by atoms with van der Waals surface area (Å²) in [5.74, 6) is -0.831. The van der Waals surface area contributed by atoms with Gasteiger partial charge in [-0.3, -0.25) is 19.6 Å². The lowest BCUT2D eigenvalue weighted by Crippen LogP contribution is -2.45. The Morgan fingerprint density at radius 2 is 1.68 bits per heavy atom. The molecule has 0 saturated heterocycles. The third-order valence-corrected chi connectivity index (χ3v) is 4.22. The van der Waals surface area contributed by atoms with Crippen molar-refractivity contribution in [2.45, 2.75) is 24.9 Å². The Kier molecular flexibility index (Phi) is 3.81. The first-order valence-corrected chi connectivity index (χ1v) is 7.20. The Balaban J connectivity index is 2.01. The van der Waals surface area contributed by atoms with Gasteiger partial charge >= 0.3 is 0 Å². The molecule has 5 nitrogen and oxygen atoms in total. The van der Waals surface area contributed by atoms with Crippen LogP contribution in [0, 0.1) is 5.92 Å². The SMILES string of the molecule is O=C1CC[C@H](C(=O)c2ccncc2)[C@@](O)(c2ccncc2)C1. The van der Waals surface area contributed by atoms with E-state index in [-0.39, 0.29) is 18.0 Å². The Morgan fingerprint density at radius 1 is 1.09 bits per heavy atom. The van der Waals surface area contributed by atoms with E-state index in [1.54, 1.807) is 49.1 Å². The minimum atomic E-state index is -1.47. The van der Waals surface area contributed by atoms with Crippen molar-refractivity contribution in [1.82, 2.24) is 9.97 Å². The molecule has 2 atom stereocenters. The maximum Gasteiger partial charge on any atom is 0.169 e. The van der Waals surface area contributed by atoms with Crippen molar-refractivity contribution in [3.05, 3.63) is 60.2 Å². The van der Waals surface area contributed by atoms with E-state index >= 15 is 0 Å². The van der Waals surface area contributed by atoms with E-state index in [1.165, 1.54) is 0 Å². The van der Waals surface area contributed by atoms with Crippen molar-refractivity contribution in [3.63, 3.8) is 0 Å². The summed E-state index contributed by atoms with van der Waals surface area (Å²) in [6.45, 7) is 0. The predicted octanol–water partition coefficient (Wildman–Crippen LogP) is 1.92. The maximum absolute atomic E-state index is 12.8. The van der Waals surface area contributed by atoms with Crippen molar-refractivity contribution in [2.24, 2.45) is 5.92 Å². The molecule has 0 amide bonds. The van der Waals surface area contributed by atoms with Crippen LogP contribution >= 0.6 is 0 Å².